The van der Waals surface area contributed by atoms with E-state index >= 15 is 0 Å². The van der Waals surface area contributed by atoms with Crippen LogP contribution in [0.4, 0.5) is 4.39 Å². The zero-order valence-electron chi connectivity index (χ0n) is 14.3. The fourth-order valence-corrected chi connectivity index (χ4v) is 3.07. The van der Waals surface area contributed by atoms with E-state index in [0.29, 0.717) is 11.1 Å². The van der Waals surface area contributed by atoms with Gasteiger partial charge in [0.05, 0.1) is 11.6 Å². The van der Waals surface area contributed by atoms with Crippen LogP contribution in [0.25, 0.3) is 5.76 Å². The molecule has 1 heterocycles. The second kappa shape index (κ2) is 6.96. The van der Waals surface area contributed by atoms with Gasteiger partial charge in [-0.05, 0) is 24.6 Å². The first-order valence-electron chi connectivity index (χ1n) is 8.16. The monoisotopic (exact) mass is 351 g/mol. The van der Waals surface area contributed by atoms with E-state index in [0.717, 1.165) is 5.56 Å². The van der Waals surface area contributed by atoms with Crippen LogP contribution in [0.2, 0.25) is 0 Å². The number of hydrogen-bond donors (Lipinski definition) is 1. The lowest BCUT2D eigenvalue weighted by Crippen LogP contribution is -2.29. The van der Waals surface area contributed by atoms with Crippen LogP contribution in [0, 0.1) is 12.7 Å². The highest BCUT2D eigenvalue weighted by molar-refractivity contribution is 6.46. The molecular formula is C21H18FNO3. The maximum absolute atomic E-state index is 13.3. The Morgan fingerprint density at radius 2 is 1.77 bits per heavy atom. The number of amides is 1. The Bertz CT molecular complexity index is 898. The third kappa shape index (κ3) is 3.04. The van der Waals surface area contributed by atoms with Crippen LogP contribution in [0.15, 0.2) is 66.8 Å². The Balaban J connectivity index is 2.18. The van der Waals surface area contributed by atoms with Crippen LogP contribution in [0.5, 0.6) is 0 Å². The third-order valence-corrected chi connectivity index (χ3v) is 4.38. The van der Waals surface area contributed by atoms with E-state index in [2.05, 4.69) is 6.58 Å². The molecule has 0 bridgehead atoms. The SMILES string of the molecule is C=CCN1C(=O)C(=O)C(=C(O)c2ccc(C)cc2)C1c1ccc(F)cc1. The predicted octanol–water partition coefficient (Wildman–Crippen LogP) is 3.74. The maximum atomic E-state index is 13.3. The van der Waals surface area contributed by atoms with Gasteiger partial charge < -0.3 is 10.0 Å². The van der Waals surface area contributed by atoms with E-state index in [1.54, 1.807) is 12.1 Å². The zero-order valence-corrected chi connectivity index (χ0v) is 14.3. The first-order valence-corrected chi connectivity index (χ1v) is 8.16. The molecule has 0 spiro atoms. The predicted molar refractivity (Wildman–Crippen MR) is 96.8 cm³/mol. The van der Waals surface area contributed by atoms with Crippen molar-refractivity contribution < 1.29 is 19.1 Å². The van der Waals surface area contributed by atoms with Crippen LogP contribution in [-0.2, 0) is 9.59 Å². The fourth-order valence-electron chi connectivity index (χ4n) is 3.07. The average Bonchev–Trinajstić information content (AvgIpc) is 2.88. The van der Waals surface area contributed by atoms with Gasteiger partial charge in [0, 0.05) is 12.1 Å². The van der Waals surface area contributed by atoms with Gasteiger partial charge >= 0.3 is 0 Å². The van der Waals surface area contributed by atoms with Crippen molar-refractivity contribution in [3.05, 3.63) is 89.3 Å². The molecule has 132 valence electrons. The molecule has 3 rings (SSSR count). The molecule has 2 aromatic carbocycles. The Kier molecular flexibility index (Phi) is 4.71. The molecular weight excluding hydrogens is 333 g/mol. The van der Waals surface area contributed by atoms with E-state index < -0.39 is 23.5 Å². The third-order valence-electron chi connectivity index (χ3n) is 4.38. The number of ketones is 1. The normalized spacial score (nSPS) is 19.0. The number of hydrogen-bond acceptors (Lipinski definition) is 3. The van der Waals surface area contributed by atoms with Crippen LogP contribution in [0.3, 0.4) is 0 Å². The molecule has 1 aliphatic rings. The van der Waals surface area contributed by atoms with Crippen molar-refractivity contribution in [2.24, 2.45) is 0 Å². The molecule has 4 nitrogen and oxygen atoms in total. The number of rotatable bonds is 4. The summed E-state index contributed by atoms with van der Waals surface area (Å²) in [5.74, 6) is -2.15. The first kappa shape index (κ1) is 17.6. The van der Waals surface area contributed by atoms with E-state index in [-0.39, 0.29) is 17.9 Å². The van der Waals surface area contributed by atoms with Gasteiger partial charge in [-0.25, -0.2) is 4.39 Å². The lowest BCUT2D eigenvalue weighted by atomic mass is 9.95. The van der Waals surface area contributed by atoms with Crippen LogP contribution in [-0.4, -0.2) is 28.2 Å². The summed E-state index contributed by atoms with van der Waals surface area (Å²) in [4.78, 5) is 26.4. The number of nitrogens with zero attached hydrogens (tertiary/aromatic N) is 1. The summed E-state index contributed by atoms with van der Waals surface area (Å²) in [6.45, 7) is 5.66. The summed E-state index contributed by atoms with van der Waals surface area (Å²) in [5.41, 5.74) is 1.98. The second-order valence-corrected chi connectivity index (χ2v) is 6.16. The van der Waals surface area contributed by atoms with Crippen molar-refractivity contribution in [1.82, 2.24) is 4.90 Å². The van der Waals surface area contributed by atoms with Gasteiger partial charge in [0.1, 0.15) is 11.6 Å². The average molecular weight is 351 g/mol. The number of benzene rings is 2. The number of aliphatic hydroxyl groups is 1. The molecule has 0 radical (unpaired) electrons. The quantitative estimate of drug-likeness (QED) is 0.395. The van der Waals surface area contributed by atoms with Crippen LogP contribution in [0.1, 0.15) is 22.7 Å². The Morgan fingerprint density at radius 1 is 1.15 bits per heavy atom. The van der Waals surface area contributed by atoms with E-state index in [9.17, 15) is 19.1 Å². The van der Waals surface area contributed by atoms with E-state index in [1.165, 1.54) is 35.2 Å². The topological polar surface area (TPSA) is 57.6 Å². The second-order valence-electron chi connectivity index (χ2n) is 6.16. The number of aliphatic hydroxyl groups excluding tert-OH is 1. The summed E-state index contributed by atoms with van der Waals surface area (Å²) in [6, 6.07) is 11.7. The summed E-state index contributed by atoms with van der Waals surface area (Å²) >= 11 is 0. The van der Waals surface area contributed by atoms with Crippen LogP contribution < -0.4 is 0 Å². The van der Waals surface area contributed by atoms with E-state index in [4.69, 9.17) is 0 Å². The van der Waals surface area contributed by atoms with Gasteiger partial charge in [-0.15, -0.1) is 6.58 Å². The highest BCUT2D eigenvalue weighted by Gasteiger charge is 2.45. The molecule has 1 atom stereocenters. The lowest BCUT2D eigenvalue weighted by Gasteiger charge is -2.24. The highest BCUT2D eigenvalue weighted by Crippen LogP contribution is 2.39. The maximum Gasteiger partial charge on any atom is 0.295 e. The zero-order chi connectivity index (χ0) is 18.8. The number of halogens is 1. The molecule has 1 saturated heterocycles. The van der Waals surface area contributed by atoms with Gasteiger partial charge in [0.25, 0.3) is 11.7 Å². The minimum Gasteiger partial charge on any atom is -0.507 e. The molecule has 5 heteroatoms. The number of likely N-dealkylation sites (tertiary alicyclic amines) is 1. The smallest absolute Gasteiger partial charge is 0.295 e. The molecule has 1 N–H and O–H groups in total. The van der Waals surface area contributed by atoms with Gasteiger partial charge in [0.15, 0.2) is 0 Å². The van der Waals surface area contributed by atoms with Crippen molar-refractivity contribution in [2.75, 3.05) is 6.54 Å². The number of carbonyl (C=O) groups excluding carboxylic acids is 2. The minimum atomic E-state index is -0.796. The standard InChI is InChI=1S/C21H18FNO3/c1-3-12-23-18(14-8-10-16(22)11-9-14)17(20(25)21(23)26)19(24)15-6-4-13(2)5-7-15/h3-11,18,24H,1,12H2,2H3. The largest absolute Gasteiger partial charge is 0.507 e. The van der Waals surface area contributed by atoms with Gasteiger partial charge in [-0.1, -0.05) is 48.0 Å². The Hall–Kier alpha value is -3.21. The summed E-state index contributed by atoms with van der Waals surface area (Å²) in [6.07, 6.45) is 1.51. The molecule has 1 aliphatic heterocycles. The molecule has 1 unspecified atom stereocenters. The van der Waals surface area contributed by atoms with Crippen molar-refractivity contribution in [3.63, 3.8) is 0 Å². The number of Topliss-reactive ketones (excluding diaryl/α,β-unsaturated/α-hetero) is 1. The lowest BCUT2D eigenvalue weighted by molar-refractivity contribution is -0.139. The summed E-state index contributed by atoms with van der Waals surface area (Å²) in [5, 5.41) is 10.8. The first-order chi connectivity index (χ1) is 12.4. The molecule has 1 amide bonds. The van der Waals surface area contributed by atoms with Gasteiger partial charge in [-0.2, -0.15) is 0 Å². The number of aryl methyl sites for hydroxylation is 1. The Labute approximate surface area is 150 Å². The molecule has 0 aromatic heterocycles. The molecule has 26 heavy (non-hydrogen) atoms. The molecule has 1 fully saturated rings. The van der Waals surface area contributed by atoms with Crippen molar-refractivity contribution in [2.45, 2.75) is 13.0 Å². The van der Waals surface area contributed by atoms with Crippen molar-refractivity contribution in [1.29, 1.82) is 0 Å². The minimum absolute atomic E-state index is 0.00712. The highest BCUT2D eigenvalue weighted by atomic mass is 19.1. The van der Waals surface area contributed by atoms with E-state index in [1.807, 2.05) is 19.1 Å². The fraction of sp³-hybridized carbons (Fsp3) is 0.143. The Morgan fingerprint density at radius 3 is 2.35 bits per heavy atom. The summed E-state index contributed by atoms with van der Waals surface area (Å²) in [7, 11) is 0. The van der Waals surface area contributed by atoms with Crippen molar-refractivity contribution in [3.8, 4) is 0 Å². The molecule has 0 aliphatic carbocycles. The van der Waals surface area contributed by atoms with Gasteiger partial charge in [0.2, 0.25) is 0 Å². The molecule has 2 aromatic rings. The summed E-state index contributed by atoms with van der Waals surface area (Å²) < 4.78 is 13.3. The van der Waals surface area contributed by atoms with Crippen molar-refractivity contribution >= 4 is 17.4 Å². The van der Waals surface area contributed by atoms with Crippen LogP contribution >= 0.6 is 0 Å². The number of carbonyl (C=O) groups is 2. The van der Waals surface area contributed by atoms with Gasteiger partial charge in [-0.3, -0.25) is 9.59 Å². The molecule has 0 saturated carbocycles.